The number of nitrogens with zero attached hydrogens (tertiary/aromatic N) is 2. The van der Waals surface area contributed by atoms with E-state index in [9.17, 15) is 13.2 Å². The first-order valence-electron chi connectivity index (χ1n) is 6.90. The van der Waals surface area contributed by atoms with Gasteiger partial charge in [-0.2, -0.15) is 0 Å². The molecule has 0 saturated carbocycles. The van der Waals surface area contributed by atoms with Crippen LogP contribution in [0.25, 0.3) is 0 Å². The number of benzene rings is 1. The lowest BCUT2D eigenvalue weighted by atomic mass is 10.1. The van der Waals surface area contributed by atoms with Crippen LogP contribution >= 0.6 is 0 Å². The summed E-state index contributed by atoms with van der Waals surface area (Å²) in [6, 6.07) is 1.65. The number of unbranched alkanes of at least 4 members (excludes halogenated alkanes) is 1. The average Bonchev–Trinajstić information content (AvgIpc) is 2.78. The second kappa shape index (κ2) is 6.39. The summed E-state index contributed by atoms with van der Waals surface area (Å²) < 4.78 is 45.2. The molecule has 1 aromatic carbocycles. The van der Waals surface area contributed by atoms with E-state index >= 15 is 0 Å². The Morgan fingerprint density at radius 2 is 1.81 bits per heavy atom. The number of rotatable bonds is 5. The topological polar surface area (TPSA) is 15.7 Å². The van der Waals surface area contributed by atoms with E-state index in [4.69, 9.17) is 4.74 Å². The zero-order valence-corrected chi connectivity index (χ0v) is 12.4. The SMILES string of the molecule is CCCCN1C(OC)=CC(c2cc(F)c(F)c(F)c2)N1C. The van der Waals surface area contributed by atoms with Crippen molar-refractivity contribution in [1.29, 1.82) is 0 Å². The first-order chi connectivity index (χ1) is 9.99. The second-order valence-electron chi connectivity index (χ2n) is 5.00. The molecule has 0 saturated heterocycles. The van der Waals surface area contributed by atoms with Gasteiger partial charge in [-0.1, -0.05) is 13.3 Å². The molecule has 1 unspecified atom stereocenters. The van der Waals surface area contributed by atoms with E-state index in [2.05, 4.69) is 6.92 Å². The lowest BCUT2D eigenvalue weighted by Crippen LogP contribution is -2.37. The van der Waals surface area contributed by atoms with E-state index in [0.717, 1.165) is 31.5 Å². The Labute approximate surface area is 122 Å². The summed E-state index contributed by atoms with van der Waals surface area (Å²) in [6.07, 6.45) is 3.75. The van der Waals surface area contributed by atoms with Gasteiger partial charge in [-0.05, 0) is 24.1 Å². The molecule has 21 heavy (non-hydrogen) atoms. The number of hydrazine groups is 1. The van der Waals surface area contributed by atoms with Crippen LogP contribution in [0.2, 0.25) is 0 Å². The molecule has 0 aliphatic carbocycles. The highest BCUT2D eigenvalue weighted by Gasteiger charge is 2.31. The number of hydrogen-bond acceptors (Lipinski definition) is 3. The zero-order chi connectivity index (χ0) is 15.6. The third-order valence-electron chi connectivity index (χ3n) is 3.62. The molecule has 0 fully saturated rings. The van der Waals surface area contributed by atoms with Crippen molar-refractivity contribution in [3.05, 3.63) is 47.1 Å². The molecular formula is C15H19F3N2O. The van der Waals surface area contributed by atoms with E-state index in [-0.39, 0.29) is 6.04 Å². The van der Waals surface area contributed by atoms with Crippen LogP contribution in [0.1, 0.15) is 31.4 Å². The number of likely N-dealkylation sites (N-methyl/N-ethyl adjacent to an activating group) is 1. The van der Waals surface area contributed by atoms with Crippen LogP contribution in [-0.4, -0.2) is 30.7 Å². The van der Waals surface area contributed by atoms with Gasteiger partial charge in [0, 0.05) is 19.7 Å². The fourth-order valence-corrected chi connectivity index (χ4v) is 2.44. The first-order valence-corrected chi connectivity index (χ1v) is 6.90. The molecule has 1 atom stereocenters. The molecule has 0 amide bonds. The highest BCUT2D eigenvalue weighted by Crippen LogP contribution is 2.33. The Hall–Kier alpha value is -1.69. The fraction of sp³-hybridized carbons (Fsp3) is 0.467. The van der Waals surface area contributed by atoms with Gasteiger partial charge in [0.15, 0.2) is 17.5 Å². The predicted molar refractivity (Wildman–Crippen MR) is 73.5 cm³/mol. The largest absolute Gasteiger partial charge is 0.482 e. The average molecular weight is 300 g/mol. The monoisotopic (exact) mass is 300 g/mol. The van der Waals surface area contributed by atoms with Crippen molar-refractivity contribution in [3.8, 4) is 0 Å². The van der Waals surface area contributed by atoms with Gasteiger partial charge in [-0.3, -0.25) is 5.01 Å². The van der Waals surface area contributed by atoms with Crippen LogP contribution in [0, 0.1) is 17.5 Å². The Balaban J connectivity index is 2.30. The van der Waals surface area contributed by atoms with Gasteiger partial charge in [0.2, 0.25) is 5.88 Å². The first kappa shape index (κ1) is 15.7. The van der Waals surface area contributed by atoms with Crippen molar-refractivity contribution in [1.82, 2.24) is 10.0 Å². The summed E-state index contributed by atoms with van der Waals surface area (Å²) in [6.45, 7) is 2.82. The van der Waals surface area contributed by atoms with Gasteiger partial charge < -0.3 is 4.74 Å². The number of methoxy groups -OCH3 is 1. The van der Waals surface area contributed by atoms with Gasteiger partial charge in [0.25, 0.3) is 0 Å². The molecule has 1 heterocycles. The summed E-state index contributed by atoms with van der Waals surface area (Å²) >= 11 is 0. The maximum absolute atomic E-state index is 13.4. The lowest BCUT2D eigenvalue weighted by Gasteiger charge is -2.31. The lowest BCUT2D eigenvalue weighted by molar-refractivity contribution is -0.0132. The van der Waals surface area contributed by atoms with Gasteiger partial charge in [-0.15, -0.1) is 0 Å². The van der Waals surface area contributed by atoms with Crippen molar-refractivity contribution in [2.45, 2.75) is 25.8 Å². The van der Waals surface area contributed by atoms with E-state index in [1.54, 1.807) is 13.2 Å². The molecule has 0 bridgehead atoms. The molecule has 0 radical (unpaired) electrons. The van der Waals surface area contributed by atoms with Crippen molar-refractivity contribution < 1.29 is 17.9 Å². The van der Waals surface area contributed by atoms with Crippen LogP contribution in [0.5, 0.6) is 0 Å². The number of ether oxygens (including phenoxy) is 1. The van der Waals surface area contributed by atoms with Gasteiger partial charge >= 0.3 is 0 Å². The third-order valence-corrected chi connectivity index (χ3v) is 3.62. The smallest absolute Gasteiger partial charge is 0.201 e. The minimum atomic E-state index is -1.45. The maximum Gasteiger partial charge on any atom is 0.201 e. The molecule has 1 aliphatic rings. The van der Waals surface area contributed by atoms with Crippen molar-refractivity contribution in [3.63, 3.8) is 0 Å². The van der Waals surface area contributed by atoms with Gasteiger partial charge in [0.05, 0.1) is 13.2 Å². The molecule has 0 spiro atoms. The van der Waals surface area contributed by atoms with Crippen molar-refractivity contribution >= 4 is 0 Å². The summed E-state index contributed by atoms with van der Waals surface area (Å²) in [4.78, 5) is 0. The zero-order valence-electron chi connectivity index (χ0n) is 12.4. The van der Waals surface area contributed by atoms with Gasteiger partial charge in [0.1, 0.15) is 0 Å². The highest BCUT2D eigenvalue weighted by molar-refractivity contribution is 5.28. The molecular weight excluding hydrogens is 281 g/mol. The number of hydrogen-bond donors (Lipinski definition) is 0. The molecule has 6 heteroatoms. The normalized spacial score (nSPS) is 19.0. The molecule has 0 aromatic heterocycles. The molecule has 0 N–H and O–H groups in total. The van der Waals surface area contributed by atoms with Gasteiger partial charge in [-0.25, -0.2) is 18.2 Å². The van der Waals surface area contributed by atoms with E-state index in [0.29, 0.717) is 11.4 Å². The Bertz CT molecular complexity index is 525. The molecule has 1 aromatic rings. The van der Waals surface area contributed by atoms with Crippen LogP contribution in [0.4, 0.5) is 13.2 Å². The summed E-state index contributed by atoms with van der Waals surface area (Å²) in [5, 5.41) is 3.74. The highest BCUT2D eigenvalue weighted by atomic mass is 19.2. The Kier molecular flexibility index (Phi) is 4.77. The molecule has 1 aliphatic heterocycles. The standard InChI is InChI=1S/C15H19F3N2O/c1-4-5-6-20-14(21-3)9-13(19(20)2)10-7-11(16)15(18)12(17)8-10/h7-9,13H,4-6H2,1-3H3. The number of halogens is 3. The van der Waals surface area contributed by atoms with Crippen LogP contribution < -0.4 is 0 Å². The second-order valence-corrected chi connectivity index (χ2v) is 5.00. The van der Waals surface area contributed by atoms with Crippen LogP contribution in [0.3, 0.4) is 0 Å². The van der Waals surface area contributed by atoms with Crippen molar-refractivity contribution in [2.24, 2.45) is 0 Å². The van der Waals surface area contributed by atoms with E-state index < -0.39 is 17.5 Å². The molecule has 3 nitrogen and oxygen atoms in total. The Morgan fingerprint density at radius 1 is 1.19 bits per heavy atom. The van der Waals surface area contributed by atoms with E-state index in [1.165, 1.54) is 0 Å². The minimum Gasteiger partial charge on any atom is -0.482 e. The molecule has 2 rings (SSSR count). The quantitative estimate of drug-likeness (QED) is 0.773. The van der Waals surface area contributed by atoms with E-state index in [1.807, 2.05) is 17.1 Å². The summed E-state index contributed by atoms with van der Waals surface area (Å²) in [5.41, 5.74) is 0.349. The maximum atomic E-state index is 13.4. The van der Waals surface area contributed by atoms with Crippen LogP contribution in [-0.2, 0) is 4.74 Å². The Morgan fingerprint density at radius 3 is 2.33 bits per heavy atom. The summed E-state index contributed by atoms with van der Waals surface area (Å²) in [7, 11) is 3.36. The molecule has 116 valence electrons. The minimum absolute atomic E-state index is 0.349. The predicted octanol–water partition coefficient (Wildman–Crippen LogP) is 3.60. The van der Waals surface area contributed by atoms with Crippen molar-refractivity contribution in [2.75, 3.05) is 20.7 Å². The van der Waals surface area contributed by atoms with Crippen LogP contribution in [0.15, 0.2) is 24.1 Å². The fourth-order valence-electron chi connectivity index (χ4n) is 2.44. The third kappa shape index (κ3) is 3.00. The summed E-state index contributed by atoms with van der Waals surface area (Å²) in [5.74, 6) is -3.19.